The SMILES string of the molecule is CN(C)C(=O)[C@@H]1C[C@H]2CCN(CCc3ccccc3)C[C@@H]2O1. The lowest BCUT2D eigenvalue weighted by molar-refractivity contribution is -0.141. The quantitative estimate of drug-likeness (QED) is 0.850. The average molecular weight is 302 g/mol. The third-order valence-corrected chi connectivity index (χ3v) is 4.91. The standard InChI is InChI=1S/C18H26N2O2/c1-19(2)18(21)16-12-15-9-11-20(13-17(15)22-16)10-8-14-6-4-3-5-7-14/h3-7,15-17H,8-13H2,1-2H3/t15-,16+,17+/m1/s1. The van der Waals surface area contributed by atoms with Crippen LogP contribution in [0.15, 0.2) is 30.3 Å². The van der Waals surface area contributed by atoms with Crippen LogP contribution < -0.4 is 0 Å². The predicted octanol–water partition coefficient (Wildman–Crippen LogP) is 1.80. The van der Waals surface area contributed by atoms with Gasteiger partial charge in [0.2, 0.25) is 0 Å². The van der Waals surface area contributed by atoms with Crippen LogP contribution in [0.3, 0.4) is 0 Å². The normalized spacial score (nSPS) is 28.4. The molecular formula is C18H26N2O2. The zero-order valence-electron chi connectivity index (χ0n) is 13.6. The van der Waals surface area contributed by atoms with Crippen LogP contribution in [0.2, 0.25) is 0 Å². The first kappa shape index (κ1) is 15.5. The third-order valence-electron chi connectivity index (χ3n) is 4.91. The fourth-order valence-electron chi connectivity index (χ4n) is 3.58. The smallest absolute Gasteiger partial charge is 0.251 e. The molecule has 0 unspecified atom stereocenters. The van der Waals surface area contributed by atoms with Crippen molar-refractivity contribution < 1.29 is 9.53 Å². The first-order chi connectivity index (χ1) is 10.6. The highest BCUT2D eigenvalue weighted by molar-refractivity contribution is 5.80. The number of hydrogen-bond acceptors (Lipinski definition) is 3. The number of fused-ring (bicyclic) bond motifs is 1. The molecule has 1 aromatic carbocycles. The molecule has 1 amide bonds. The summed E-state index contributed by atoms with van der Waals surface area (Å²) >= 11 is 0. The van der Waals surface area contributed by atoms with Crippen molar-refractivity contribution in [3.05, 3.63) is 35.9 Å². The van der Waals surface area contributed by atoms with Crippen molar-refractivity contribution in [2.45, 2.75) is 31.5 Å². The minimum absolute atomic E-state index is 0.116. The number of nitrogens with zero attached hydrogens (tertiary/aromatic N) is 2. The molecule has 120 valence electrons. The zero-order valence-corrected chi connectivity index (χ0v) is 13.6. The summed E-state index contributed by atoms with van der Waals surface area (Å²) in [6.45, 7) is 3.16. The topological polar surface area (TPSA) is 32.8 Å². The van der Waals surface area contributed by atoms with Gasteiger partial charge in [0, 0.05) is 27.2 Å². The highest BCUT2D eigenvalue weighted by Crippen LogP contribution is 2.33. The van der Waals surface area contributed by atoms with Gasteiger partial charge in [-0.05, 0) is 37.3 Å². The van der Waals surface area contributed by atoms with Crippen LogP contribution in [0.5, 0.6) is 0 Å². The van der Waals surface area contributed by atoms with Gasteiger partial charge in [0.15, 0.2) is 0 Å². The van der Waals surface area contributed by atoms with Gasteiger partial charge in [-0.25, -0.2) is 0 Å². The van der Waals surface area contributed by atoms with Gasteiger partial charge in [-0.1, -0.05) is 30.3 Å². The molecule has 3 rings (SSSR count). The van der Waals surface area contributed by atoms with Gasteiger partial charge in [0.05, 0.1) is 6.10 Å². The second-order valence-electron chi connectivity index (χ2n) is 6.72. The Balaban J connectivity index is 1.50. The number of carbonyl (C=O) groups excluding carboxylic acids is 1. The first-order valence-electron chi connectivity index (χ1n) is 8.26. The predicted molar refractivity (Wildman–Crippen MR) is 86.7 cm³/mol. The van der Waals surface area contributed by atoms with Crippen molar-refractivity contribution in [3.8, 4) is 0 Å². The number of likely N-dealkylation sites (N-methyl/N-ethyl adjacent to an activating group) is 1. The number of carbonyl (C=O) groups is 1. The molecule has 0 aliphatic carbocycles. The van der Waals surface area contributed by atoms with E-state index in [0.29, 0.717) is 5.92 Å². The van der Waals surface area contributed by atoms with Crippen molar-refractivity contribution in [3.63, 3.8) is 0 Å². The van der Waals surface area contributed by atoms with E-state index in [1.165, 1.54) is 5.56 Å². The monoisotopic (exact) mass is 302 g/mol. The molecule has 22 heavy (non-hydrogen) atoms. The van der Waals surface area contributed by atoms with Gasteiger partial charge in [-0.2, -0.15) is 0 Å². The highest BCUT2D eigenvalue weighted by Gasteiger charge is 2.42. The molecule has 1 aromatic rings. The molecule has 0 bridgehead atoms. The van der Waals surface area contributed by atoms with Crippen molar-refractivity contribution in [1.29, 1.82) is 0 Å². The second-order valence-corrected chi connectivity index (χ2v) is 6.72. The van der Waals surface area contributed by atoms with Crippen molar-refractivity contribution >= 4 is 5.91 Å². The Bertz CT molecular complexity index is 503. The lowest BCUT2D eigenvalue weighted by Crippen LogP contribution is -2.43. The summed E-state index contributed by atoms with van der Waals surface area (Å²) in [7, 11) is 3.61. The fourth-order valence-corrected chi connectivity index (χ4v) is 3.58. The van der Waals surface area contributed by atoms with E-state index in [9.17, 15) is 4.79 Å². The van der Waals surface area contributed by atoms with Gasteiger partial charge in [-0.3, -0.25) is 4.79 Å². The van der Waals surface area contributed by atoms with Crippen LogP contribution in [0.25, 0.3) is 0 Å². The molecule has 2 saturated heterocycles. The maximum Gasteiger partial charge on any atom is 0.251 e. The van der Waals surface area contributed by atoms with E-state index in [1.54, 1.807) is 19.0 Å². The number of benzene rings is 1. The lowest BCUT2D eigenvalue weighted by atomic mass is 9.91. The average Bonchev–Trinajstić information content (AvgIpc) is 2.96. The van der Waals surface area contributed by atoms with E-state index in [1.807, 2.05) is 0 Å². The Kier molecular flexibility index (Phi) is 4.79. The molecular weight excluding hydrogens is 276 g/mol. The molecule has 4 heteroatoms. The third kappa shape index (κ3) is 3.50. The van der Waals surface area contributed by atoms with Gasteiger partial charge >= 0.3 is 0 Å². The number of amides is 1. The number of hydrogen-bond donors (Lipinski definition) is 0. The molecule has 4 nitrogen and oxygen atoms in total. The Morgan fingerprint density at radius 2 is 2.09 bits per heavy atom. The summed E-state index contributed by atoms with van der Waals surface area (Å²) in [6.07, 6.45) is 3.14. The first-order valence-corrected chi connectivity index (χ1v) is 8.26. The fraction of sp³-hybridized carbons (Fsp3) is 0.611. The van der Waals surface area contributed by atoms with Crippen molar-refractivity contribution in [1.82, 2.24) is 9.80 Å². The van der Waals surface area contributed by atoms with Gasteiger partial charge in [-0.15, -0.1) is 0 Å². The van der Waals surface area contributed by atoms with E-state index < -0.39 is 0 Å². The summed E-state index contributed by atoms with van der Waals surface area (Å²) in [4.78, 5) is 16.2. The Morgan fingerprint density at radius 1 is 1.32 bits per heavy atom. The molecule has 0 radical (unpaired) electrons. The van der Waals surface area contributed by atoms with Gasteiger partial charge < -0.3 is 14.5 Å². The summed E-state index contributed by atoms with van der Waals surface area (Å²) < 4.78 is 6.04. The summed E-state index contributed by atoms with van der Waals surface area (Å²) in [6, 6.07) is 10.6. The highest BCUT2D eigenvalue weighted by atomic mass is 16.5. The maximum atomic E-state index is 12.1. The largest absolute Gasteiger partial charge is 0.364 e. The number of likely N-dealkylation sites (tertiary alicyclic amines) is 1. The van der Waals surface area contributed by atoms with Crippen LogP contribution in [0, 0.1) is 5.92 Å². The second kappa shape index (κ2) is 6.80. The summed E-state index contributed by atoms with van der Waals surface area (Å²) in [5.41, 5.74) is 1.39. The van der Waals surface area contributed by atoms with Crippen LogP contribution in [0.4, 0.5) is 0 Å². The van der Waals surface area contributed by atoms with Crippen LogP contribution in [-0.2, 0) is 16.0 Å². The minimum Gasteiger partial charge on any atom is -0.364 e. The lowest BCUT2D eigenvalue weighted by Gasteiger charge is -2.34. The van der Waals surface area contributed by atoms with Crippen LogP contribution in [0.1, 0.15) is 18.4 Å². The molecule has 0 aromatic heterocycles. The van der Waals surface area contributed by atoms with E-state index in [-0.39, 0.29) is 18.1 Å². The molecule has 3 atom stereocenters. The van der Waals surface area contributed by atoms with Crippen LogP contribution in [-0.4, -0.2) is 61.6 Å². The van der Waals surface area contributed by atoms with Crippen molar-refractivity contribution in [2.75, 3.05) is 33.7 Å². The maximum absolute atomic E-state index is 12.1. The molecule has 2 aliphatic rings. The molecule has 0 spiro atoms. The number of ether oxygens (including phenoxy) is 1. The van der Waals surface area contributed by atoms with Crippen molar-refractivity contribution in [2.24, 2.45) is 5.92 Å². The van der Waals surface area contributed by atoms with E-state index >= 15 is 0 Å². The molecule has 2 heterocycles. The Labute approximate surface area is 133 Å². The number of piperidine rings is 1. The Morgan fingerprint density at radius 3 is 2.82 bits per heavy atom. The van der Waals surface area contributed by atoms with E-state index in [2.05, 4.69) is 35.2 Å². The minimum atomic E-state index is -0.223. The molecule has 2 aliphatic heterocycles. The molecule has 2 fully saturated rings. The zero-order chi connectivity index (χ0) is 15.5. The molecule has 0 N–H and O–H groups in total. The van der Waals surface area contributed by atoms with Crippen LogP contribution >= 0.6 is 0 Å². The molecule has 0 saturated carbocycles. The van der Waals surface area contributed by atoms with Gasteiger partial charge in [0.25, 0.3) is 5.91 Å². The number of rotatable bonds is 4. The van der Waals surface area contributed by atoms with E-state index in [0.717, 1.165) is 38.9 Å². The summed E-state index contributed by atoms with van der Waals surface area (Å²) in [5.74, 6) is 0.673. The van der Waals surface area contributed by atoms with E-state index in [4.69, 9.17) is 4.74 Å². The Hall–Kier alpha value is -1.39. The van der Waals surface area contributed by atoms with Gasteiger partial charge in [0.1, 0.15) is 6.10 Å². The summed E-state index contributed by atoms with van der Waals surface area (Å²) in [5, 5.41) is 0.